The maximum absolute atomic E-state index is 13.0. The van der Waals surface area contributed by atoms with Crippen molar-refractivity contribution in [2.75, 3.05) is 16.0 Å². The van der Waals surface area contributed by atoms with Crippen LogP contribution in [-0.2, 0) is 4.79 Å². The van der Waals surface area contributed by atoms with Crippen LogP contribution in [0.2, 0.25) is 5.02 Å². The standard InChI is InChI=1S/C35H28ClN7O2/c1-2-3-15-30(44)38-25-18-16-24(17-19-25)34(45)39-26-12-9-13-27(21-26)40-35-37-22-28(36)33(41-35)31-29-14-7-8-20-43(29)42-32(31)23-10-5-4-6-11-23/h3-22H,2H2,1H3,(H,38,44)(H,39,45)(H,37,40,41). The second-order valence-corrected chi connectivity index (χ2v) is 10.5. The van der Waals surface area contributed by atoms with Gasteiger partial charge in [0.15, 0.2) is 0 Å². The number of anilines is 4. The van der Waals surface area contributed by atoms with Gasteiger partial charge in [0, 0.05) is 34.4 Å². The van der Waals surface area contributed by atoms with E-state index in [0.29, 0.717) is 39.3 Å². The number of nitrogens with zero attached hydrogens (tertiary/aromatic N) is 4. The number of rotatable bonds is 9. The number of halogens is 1. The van der Waals surface area contributed by atoms with E-state index in [2.05, 4.69) is 20.9 Å². The molecule has 0 aliphatic rings. The van der Waals surface area contributed by atoms with Crippen molar-refractivity contribution in [2.45, 2.75) is 13.3 Å². The zero-order chi connectivity index (χ0) is 31.2. The third-order valence-electron chi connectivity index (χ3n) is 6.86. The molecule has 0 radical (unpaired) electrons. The van der Waals surface area contributed by atoms with Crippen LogP contribution in [0.25, 0.3) is 28.0 Å². The van der Waals surface area contributed by atoms with Crippen LogP contribution in [0.4, 0.5) is 23.0 Å². The lowest BCUT2D eigenvalue weighted by molar-refractivity contribution is -0.111. The highest BCUT2D eigenvalue weighted by Crippen LogP contribution is 2.38. The monoisotopic (exact) mass is 613 g/mol. The van der Waals surface area contributed by atoms with Crippen molar-refractivity contribution in [2.24, 2.45) is 0 Å². The van der Waals surface area contributed by atoms with E-state index in [9.17, 15) is 9.59 Å². The number of carbonyl (C=O) groups is 2. The summed E-state index contributed by atoms with van der Waals surface area (Å²) >= 11 is 6.68. The summed E-state index contributed by atoms with van der Waals surface area (Å²) in [5, 5.41) is 14.1. The molecule has 6 rings (SSSR count). The van der Waals surface area contributed by atoms with Crippen LogP contribution in [0.15, 0.2) is 122 Å². The Bertz CT molecular complexity index is 2020. The molecule has 6 aromatic rings. The van der Waals surface area contributed by atoms with Crippen LogP contribution in [0.5, 0.6) is 0 Å². The molecule has 3 heterocycles. The van der Waals surface area contributed by atoms with Gasteiger partial charge in [-0.3, -0.25) is 9.59 Å². The summed E-state index contributed by atoms with van der Waals surface area (Å²) in [5.41, 5.74) is 6.18. The van der Waals surface area contributed by atoms with Crippen molar-refractivity contribution in [1.82, 2.24) is 19.6 Å². The first-order valence-corrected chi connectivity index (χ1v) is 14.7. The predicted molar refractivity (Wildman–Crippen MR) is 179 cm³/mol. The second kappa shape index (κ2) is 13.2. The Labute approximate surface area is 264 Å². The molecular formula is C35H28ClN7O2. The Morgan fingerprint density at radius 1 is 0.844 bits per heavy atom. The van der Waals surface area contributed by atoms with Gasteiger partial charge < -0.3 is 16.0 Å². The fraction of sp³-hybridized carbons (Fsp3) is 0.0571. The van der Waals surface area contributed by atoms with Crippen molar-refractivity contribution in [1.29, 1.82) is 0 Å². The highest BCUT2D eigenvalue weighted by atomic mass is 35.5. The van der Waals surface area contributed by atoms with Crippen molar-refractivity contribution in [3.8, 4) is 22.5 Å². The summed E-state index contributed by atoms with van der Waals surface area (Å²) < 4.78 is 1.81. The van der Waals surface area contributed by atoms with Crippen molar-refractivity contribution >= 4 is 51.9 Å². The Morgan fingerprint density at radius 2 is 1.62 bits per heavy atom. The largest absolute Gasteiger partial charge is 0.324 e. The van der Waals surface area contributed by atoms with Crippen molar-refractivity contribution in [3.63, 3.8) is 0 Å². The number of benzene rings is 3. The molecule has 45 heavy (non-hydrogen) atoms. The van der Waals surface area contributed by atoms with Gasteiger partial charge >= 0.3 is 0 Å². The third-order valence-corrected chi connectivity index (χ3v) is 7.14. The SMILES string of the molecule is CCC=CC(=O)Nc1ccc(C(=O)Nc2cccc(Nc3ncc(Cl)c(-c4c(-c5ccccc5)nn5ccccc45)n3)c2)cc1. The molecule has 0 spiro atoms. The first-order chi connectivity index (χ1) is 22.0. The number of pyridine rings is 1. The first kappa shape index (κ1) is 29.3. The lowest BCUT2D eigenvalue weighted by Crippen LogP contribution is -2.12. The van der Waals surface area contributed by atoms with Gasteiger partial charge in [-0.25, -0.2) is 14.5 Å². The molecule has 222 valence electrons. The van der Waals surface area contributed by atoms with Gasteiger partial charge in [-0.1, -0.05) is 67.1 Å². The van der Waals surface area contributed by atoms with Crippen LogP contribution in [0.3, 0.4) is 0 Å². The average molecular weight is 614 g/mol. The molecule has 0 aliphatic heterocycles. The molecule has 0 aliphatic carbocycles. The Balaban J connectivity index is 1.22. The van der Waals surface area contributed by atoms with E-state index in [1.807, 2.05) is 78.3 Å². The number of hydrogen-bond acceptors (Lipinski definition) is 6. The summed E-state index contributed by atoms with van der Waals surface area (Å²) in [6, 6.07) is 29.6. The molecule has 3 aromatic heterocycles. The maximum atomic E-state index is 13.0. The third kappa shape index (κ3) is 6.74. The summed E-state index contributed by atoms with van der Waals surface area (Å²) in [6.07, 6.45) is 7.49. The Morgan fingerprint density at radius 3 is 2.42 bits per heavy atom. The topological polar surface area (TPSA) is 113 Å². The van der Waals surface area contributed by atoms with Crippen molar-refractivity contribution < 1.29 is 9.59 Å². The number of hydrogen-bond donors (Lipinski definition) is 3. The van der Waals surface area contributed by atoms with Crippen LogP contribution in [-0.4, -0.2) is 31.4 Å². The Kier molecular flexibility index (Phi) is 8.61. The van der Waals surface area contributed by atoms with Gasteiger partial charge in [0.05, 0.1) is 28.0 Å². The number of fused-ring (bicyclic) bond motifs is 1. The smallest absolute Gasteiger partial charge is 0.255 e. The van der Waals surface area contributed by atoms with E-state index in [1.165, 1.54) is 6.08 Å². The van der Waals surface area contributed by atoms with Gasteiger partial charge in [0.25, 0.3) is 5.91 Å². The Hall–Kier alpha value is -5.80. The number of nitrogens with one attached hydrogen (secondary N) is 3. The quantitative estimate of drug-likeness (QED) is 0.142. The molecule has 0 saturated carbocycles. The van der Waals surface area contributed by atoms with Crippen LogP contribution in [0, 0.1) is 0 Å². The lowest BCUT2D eigenvalue weighted by Gasteiger charge is -2.11. The van der Waals surface area contributed by atoms with E-state index in [1.54, 1.807) is 48.7 Å². The average Bonchev–Trinajstić information content (AvgIpc) is 3.45. The van der Waals surface area contributed by atoms with E-state index in [0.717, 1.165) is 28.8 Å². The lowest BCUT2D eigenvalue weighted by atomic mass is 10.0. The summed E-state index contributed by atoms with van der Waals surface area (Å²) in [4.78, 5) is 34.1. The predicted octanol–water partition coefficient (Wildman–Crippen LogP) is 8.01. The molecule has 0 fully saturated rings. The zero-order valence-corrected chi connectivity index (χ0v) is 25.0. The van der Waals surface area contributed by atoms with Gasteiger partial charge in [-0.2, -0.15) is 5.10 Å². The molecule has 0 bridgehead atoms. The van der Waals surface area contributed by atoms with Crippen LogP contribution in [0.1, 0.15) is 23.7 Å². The molecule has 0 unspecified atom stereocenters. The number of aromatic nitrogens is 4. The van der Waals surface area contributed by atoms with Crippen LogP contribution < -0.4 is 16.0 Å². The van der Waals surface area contributed by atoms with E-state index in [-0.39, 0.29) is 11.8 Å². The summed E-state index contributed by atoms with van der Waals surface area (Å²) in [7, 11) is 0. The van der Waals surface area contributed by atoms with E-state index < -0.39 is 0 Å². The van der Waals surface area contributed by atoms with Gasteiger partial charge in [0.2, 0.25) is 11.9 Å². The zero-order valence-electron chi connectivity index (χ0n) is 24.2. The summed E-state index contributed by atoms with van der Waals surface area (Å²) in [6.45, 7) is 1.95. The molecular weight excluding hydrogens is 586 g/mol. The number of carbonyl (C=O) groups excluding carboxylic acids is 2. The minimum absolute atomic E-state index is 0.217. The highest BCUT2D eigenvalue weighted by molar-refractivity contribution is 6.33. The molecule has 3 N–H and O–H groups in total. The fourth-order valence-corrected chi connectivity index (χ4v) is 4.94. The maximum Gasteiger partial charge on any atom is 0.255 e. The molecule has 9 nitrogen and oxygen atoms in total. The van der Waals surface area contributed by atoms with Gasteiger partial charge in [0.1, 0.15) is 5.69 Å². The van der Waals surface area contributed by atoms with E-state index >= 15 is 0 Å². The van der Waals surface area contributed by atoms with Crippen molar-refractivity contribution in [3.05, 3.63) is 132 Å². The number of allylic oxidation sites excluding steroid dienone is 1. The fourth-order valence-electron chi connectivity index (χ4n) is 4.75. The minimum atomic E-state index is -0.289. The van der Waals surface area contributed by atoms with Crippen LogP contribution >= 0.6 is 11.6 Å². The summed E-state index contributed by atoms with van der Waals surface area (Å²) in [5.74, 6) is -0.175. The molecule has 10 heteroatoms. The second-order valence-electron chi connectivity index (χ2n) is 10.0. The van der Waals surface area contributed by atoms with Gasteiger partial charge in [-0.15, -0.1) is 0 Å². The molecule has 3 aromatic carbocycles. The molecule has 0 saturated heterocycles. The van der Waals surface area contributed by atoms with Gasteiger partial charge in [-0.05, 0) is 67.1 Å². The highest BCUT2D eigenvalue weighted by Gasteiger charge is 2.20. The van der Waals surface area contributed by atoms with E-state index in [4.69, 9.17) is 21.7 Å². The number of amides is 2. The molecule has 2 amide bonds. The first-order valence-electron chi connectivity index (χ1n) is 14.3. The normalized spacial score (nSPS) is 11.1. The minimum Gasteiger partial charge on any atom is -0.324 e. The molecule has 0 atom stereocenters.